The summed E-state index contributed by atoms with van der Waals surface area (Å²) >= 11 is 0. The molecule has 10 heteroatoms. The molecule has 1 atom stereocenters. The van der Waals surface area contributed by atoms with Crippen molar-refractivity contribution in [2.75, 3.05) is 43.4 Å². The van der Waals surface area contributed by atoms with E-state index in [0.29, 0.717) is 30.7 Å². The van der Waals surface area contributed by atoms with E-state index < -0.39 is 20.0 Å². The van der Waals surface area contributed by atoms with E-state index in [0.717, 1.165) is 50.6 Å². The minimum absolute atomic E-state index is 0. The van der Waals surface area contributed by atoms with Crippen LogP contribution in [0.1, 0.15) is 38.7 Å². The van der Waals surface area contributed by atoms with Gasteiger partial charge in [-0.25, -0.2) is 21.1 Å². The fourth-order valence-electron chi connectivity index (χ4n) is 3.98. The molecule has 1 unspecified atom stereocenters. The fraction of sp³-hybridized carbons (Fsp3) is 0.700. The molecule has 1 aromatic rings. The number of rotatable bonds is 10. The number of sulfonamides is 2. The molecule has 1 fully saturated rings. The van der Waals surface area contributed by atoms with Crippen molar-refractivity contribution in [2.24, 2.45) is 5.92 Å². The lowest BCUT2D eigenvalue weighted by Crippen LogP contribution is -2.44. The van der Waals surface area contributed by atoms with Crippen LogP contribution in [0, 0.1) is 5.92 Å². The SMILES string of the molecule is CCCN(CC1CCN(S(C)(=O)=O)CC1)C(C)Cc1cccc(NS(C)(=O)=O)c1.Cl. The minimum Gasteiger partial charge on any atom is -0.300 e. The lowest BCUT2D eigenvalue weighted by molar-refractivity contribution is 0.146. The van der Waals surface area contributed by atoms with Crippen molar-refractivity contribution in [2.45, 2.75) is 45.6 Å². The molecule has 0 bridgehead atoms. The van der Waals surface area contributed by atoms with E-state index in [4.69, 9.17) is 0 Å². The Bertz CT molecular complexity index is 870. The Morgan fingerprint density at radius 1 is 1.17 bits per heavy atom. The second kappa shape index (κ2) is 11.7. The predicted molar refractivity (Wildman–Crippen MR) is 126 cm³/mol. The molecule has 0 spiro atoms. The molecule has 0 aliphatic carbocycles. The van der Waals surface area contributed by atoms with Crippen molar-refractivity contribution in [3.05, 3.63) is 29.8 Å². The minimum atomic E-state index is -3.29. The van der Waals surface area contributed by atoms with Crippen LogP contribution in [0.25, 0.3) is 0 Å². The summed E-state index contributed by atoms with van der Waals surface area (Å²) in [6.45, 7) is 7.55. The summed E-state index contributed by atoms with van der Waals surface area (Å²) < 4.78 is 50.5. The smallest absolute Gasteiger partial charge is 0.229 e. The molecule has 1 aromatic carbocycles. The van der Waals surface area contributed by atoms with Gasteiger partial charge in [0.15, 0.2) is 0 Å². The Labute approximate surface area is 188 Å². The zero-order valence-corrected chi connectivity index (χ0v) is 20.8. The van der Waals surface area contributed by atoms with Gasteiger partial charge in [0.25, 0.3) is 0 Å². The summed E-state index contributed by atoms with van der Waals surface area (Å²) in [7, 11) is -6.38. The second-order valence-electron chi connectivity index (χ2n) is 8.23. The predicted octanol–water partition coefficient (Wildman–Crippen LogP) is 2.79. The maximum atomic E-state index is 11.7. The van der Waals surface area contributed by atoms with Crippen molar-refractivity contribution >= 4 is 38.1 Å². The molecule has 30 heavy (non-hydrogen) atoms. The monoisotopic (exact) mass is 481 g/mol. The summed E-state index contributed by atoms with van der Waals surface area (Å²) in [6.07, 6.45) is 6.12. The van der Waals surface area contributed by atoms with E-state index in [1.807, 2.05) is 18.2 Å². The molecule has 0 aromatic heterocycles. The van der Waals surface area contributed by atoms with E-state index in [2.05, 4.69) is 23.5 Å². The van der Waals surface area contributed by atoms with Crippen LogP contribution < -0.4 is 4.72 Å². The average molecular weight is 482 g/mol. The molecule has 174 valence electrons. The van der Waals surface area contributed by atoms with Gasteiger partial charge in [0.1, 0.15) is 0 Å². The summed E-state index contributed by atoms with van der Waals surface area (Å²) in [5.41, 5.74) is 1.69. The van der Waals surface area contributed by atoms with Crippen LogP contribution in [0.5, 0.6) is 0 Å². The van der Waals surface area contributed by atoms with E-state index in [1.165, 1.54) is 6.26 Å². The van der Waals surface area contributed by atoms with Crippen molar-refractivity contribution in [3.63, 3.8) is 0 Å². The Morgan fingerprint density at radius 3 is 2.33 bits per heavy atom. The van der Waals surface area contributed by atoms with Gasteiger partial charge in [0.2, 0.25) is 20.0 Å². The molecule has 1 heterocycles. The summed E-state index contributed by atoms with van der Waals surface area (Å²) in [5.74, 6) is 0.500. The van der Waals surface area contributed by atoms with Gasteiger partial charge in [-0.3, -0.25) is 4.72 Å². The molecule has 0 radical (unpaired) electrons. The van der Waals surface area contributed by atoms with Gasteiger partial charge >= 0.3 is 0 Å². The first-order valence-electron chi connectivity index (χ1n) is 10.2. The third-order valence-corrected chi connectivity index (χ3v) is 7.34. The molecule has 0 amide bonds. The van der Waals surface area contributed by atoms with Gasteiger partial charge in [-0.15, -0.1) is 12.4 Å². The third-order valence-electron chi connectivity index (χ3n) is 5.43. The molecule has 1 N–H and O–H groups in total. The second-order valence-corrected chi connectivity index (χ2v) is 12.0. The Kier molecular flexibility index (Phi) is 10.6. The Morgan fingerprint density at radius 2 is 1.80 bits per heavy atom. The van der Waals surface area contributed by atoms with Gasteiger partial charge in [0.05, 0.1) is 12.5 Å². The zero-order chi connectivity index (χ0) is 21.7. The van der Waals surface area contributed by atoms with Gasteiger partial charge in [-0.05, 0) is 62.8 Å². The first-order chi connectivity index (χ1) is 13.5. The Hall–Kier alpha value is -0.870. The summed E-state index contributed by atoms with van der Waals surface area (Å²) in [5, 5.41) is 0. The number of piperidine rings is 1. The number of nitrogens with zero attached hydrogens (tertiary/aromatic N) is 2. The van der Waals surface area contributed by atoms with Gasteiger partial charge in [-0.2, -0.15) is 0 Å². The van der Waals surface area contributed by atoms with Crippen LogP contribution in [0.3, 0.4) is 0 Å². The van der Waals surface area contributed by atoms with Crippen molar-refractivity contribution in [3.8, 4) is 0 Å². The van der Waals surface area contributed by atoms with E-state index in [1.54, 1.807) is 10.4 Å². The van der Waals surface area contributed by atoms with E-state index in [-0.39, 0.29) is 12.4 Å². The first-order valence-corrected chi connectivity index (χ1v) is 14.0. The van der Waals surface area contributed by atoms with Gasteiger partial charge in [-0.1, -0.05) is 19.1 Å². The number of hydrogen-bond donors (Lipinski definition) is 1. The van der Waals surface area contributed by atoms with E-state index in [9.17, 15) is 16.8 Å². The largest absolute Gasteiger partial charge is 0.300 e. The highest BCUT2D eigenvalue weighted by Gasteiger charge is 2.27. The summed E-state index contributed by atoms with van der Waals surface area (Å²) in [6, 6.07) is 7.87. The molecule has 2 rings (SSSR count). The topological polar surface area (TPSA) is 86.8 Å². The van der Waals surface area contributed by atoms with Crippen LogP contribution in [0.4, 0.5) is 5.69 Å². The fourth-order valence-corrected chi connectivity index (χ4v) is 5.41. The van der Waals surface area contributed by atoms with Gasteiger partial charge < -0.3 is 4.90 Å². The molecular weight excluding hydrogens is 446 g/mol. The molecule has 7 nitrogen and oxygen atoms in total. The number of benzene rings is 1. The zero-order valence-electron chi connectivity index (χ0n) is 18.4. The molecule has 0 saturated carbocycles. The normalized spacial score (nSPS) is 17.5. The van der Waals surface area contributed by atoms with Crippen LogP contribution >= 0.6 is 12.4 Å². The van der Waals surface area contributed by atoms with E-state index >= 15 is 0 Å². The van der Waals surface area contributed by atoms with Gasteiger partial charge in [0, 0.05) is 31.4 Å². The highest BCUT2D eigenvalue weighted by atomic mass is 35.5. The molecule has 1 aliphatic rings. The number of anilines is 1. The molecule has 1 aliphatic heterocycles. The maximum Gasteiger partial charge on any atom is 0.229 e. The summed E-state index contributed by atoms with van der Waals surface area (Å²) in [4.78, 5) is 2.48. The van der Waals surface area contributed by atoms with Crippen LogP contribution in [-0.2, 0) is 26.5 Å². The maximum absolute atomic E-state index is 11.7. The van der Waals surface area contributed by atoms with Crippen molar-refractivity contribution < 1.29 is 16.8 Å². The Balaban J connectivity index is 0.00000450. The van der Waals surface area contributed by atoms with Crippen molar-refractivity contribution in [1.82, 2.24) is 9.21 Å². The lowest BCUT2D eigenvalue weighted by atomic mass is 9.96. The van der Waals surface area contributed by atoms with Crippen LogP contribution in [0.15, 0.2) is 24.3 Å². The number of halogens is 1. The highest BCUT2D eigenvalue weighted by Crippen LogP contribution is 2.22. The molecule has 1 saturated heterocycles. The first kappa shape index (κ1) is 27.2. The molecular formula is C20H36ClN3O4S2. The van der Waals surface area contributed by atoms with Crippen LogP contribution in [0.2, 0.25) is 0 Å². The average Bonchev–Trinajstić information content (AvgIpc) is 2.60. The standard InChI is InChI=1S/C20H35N3O4S2.ClH/c1-5-11-22(16-18-9-12-23(13-10-18)29(4,26)27)17(2)14-19-7-6-8-20(15-19)21-28(3,24)25;/h6-8,15,17-18,21H,5,9-14,16H2,1-4H3;1H. The number of hydrogen-bond acceptors (Lipinski definition) is 5. The highest BCUT2D eigenvalue weighted by molar-refractivity contribution is 7.92. The number of nitrogens with one attached hydrogen (secondary N) is 1. The van der Waals surface area contributed by atoms with Crippen molar-refractivity contribution in [1.29, 1.82) is 0 Å². The quantitative estimate of drug-likeness (QED) is 0.555. The third kappa shape index (κ3) is 9.09. The van der Waals surface area contributed by atoms with Crippen LogP contribution in [-0.4, -0.2) is 70.8 Å². The lowest BCUT2D eigenvalue weighted by Gasteiger charge is -2.36.